The van der Waals surface area contributed by atoms with E-state index in [9.17, 15) is 18.8 Å². The normalized spacial score (nSPS) is 10.9. The van der Waals surface area contributed by atoms with Crippen molar-refractivity contribution in [1.29, 1.82) is 0 Å². The number of urea groups is 1. The van der Waals surface area contributed by atoms with Gasteiger partial charge < -0.3 is 9.88 Å². The molecule has 7 nitrogen and oxygen atoms in total. The molecule has 2 N–H and O–H groups in total. The molecule has 2 aromatic heterocycles. The van der Waals surface area contributed by atoms with Crippen molar-refractivity contribution in [2.75, 3.05) is 5.32 Å². The van der Waals surface area contributed by atoms with E-state index in [0.717, 1.165) is 22.2 Å². The van der Waals surface area contributed by atoms with Crippen LogP contribution in [0.2, 0.25) is 0 Å². The first kappa shape index (κ1) is 22.8. The van der Waals surface area contributed by atoms with Crippen LogP contribution in [-0.2, 0) is 7.05 Å². The molecule has 0 radical (unpaired) electrons. The Morgan fingerprint density at radius 3 is 2.44 bits per heavy atom. The second-order valence-electron chi connectivity index (χ2n) is 8.21. The van der Waals surface area contributed by atoms with E-state index in [4.69, 9.17) is 0 Å². The van der Waals surface area contributed by atoms with Gasteiger partial charge in [0.05, 0.1) is 5.52 Å². The number of hydrogen-bond donors (Lipinski definition) is 2. The molecule has 2 heterocycles. The fraction of sp³-hybridized carbons (Fsp3) is 0.154. The number of pyridine rings is 2. The van der Waals surface area contributed by atoms with E-state index in [1.165, 1.54) is 25.1 Å². The van der Waals surface area contributed by atoms with E-state index < -0.39 is 17.8 Å². The van der Waals surface area contributed by atoms with Crippen molar-refractivity contribution in [3.8, 4) is 11.1 Å². The van der Waals surface area contributed by atoms with Gasteiger partial charge in [0.15, 0.2) is 0 Å². The average molecular weight is 458 g/mol. The number of carbonyl (C=O) groups is 2. The summed E-state index contributed by atoms with van der Waals surface area (Å²) in [5.41, 5.74) is 4.27. The van der Waals surface area contributed by atoms with Gasteiger partial charge in [-0.1, -0.05) is 6.07 Å². The molecule has 0 bridgehead atoms. The number of amides is 3. The number of imide groups is 1. The third-order valence-corrected chi connectivity index (χ3v) is 5.68. The molecule has 34 heavy (non-hydrogen) atoms. The topological polar surface area (TPSA) is 93.1 Å². The largest absolute Gasteiger partial charge is 0.326 e. The molecule has 0 saturated carbocycles. The van der Waals surface area contributed by atoms with Crippen molar-refractivity contribution >= 4 is 28.5 Å². The van der Waals surface area contributed by atoms with Gasteiger partial charge in [0.1, 0.15) is 5.82 Å². The van der Waals surface area contributed by atoms with Crippen LogP contribution in [0.15, 0.2) is 59.5 Å². The van der Waals surface area contributed by atoms with Crippen LogP contribution in [0.25, 0.3) is 22.0 Å². The molecule has 2 aromatic carbocycles. The monoisotopic (exact) mass is 458 g/mol. The number of anilines is 1. The summed E-state index contributed by atoms with van der Waals surface area (Å²) in [5, 5.41) is 5.67. The van der Waals surface area contributed by atoms with Crippen LogP contribution in [0.4, 0.5) is 14.9 Å². The first-order chi connectivity index (χ1) is 16.1. The summed E-state index contributed by atoms with van der Waals surface area (Å²) in [6.45, 7) is 5.27. The lowest BCUT2D eigenvalue weighted by Crippen LogP contribution is -2.34. The van der Waals surface area contributed by atoms with Crippen LogP contribution in [-0.4, -0.2) is 21.5 Å². The molecule has 172 valence electrons. The SMILES string of the molecule is Cc1cc2c(cn1)cc(-c1cc(NC(=O)NC(=O)c3ccc(F)c(C)c3)ccc1C)c(=O)n2C. The molecule has 0 atom stereocenters. The van der Waals surface area contributed by atoms with E-state index in [1.807, 2.05) is 19.9 Å². The number of rotatable bonds is 3. The number of halogens is 1. The summed E-state index contributed by atoms with van der Waals surface area (Å²) in [5.74, 6) is -1.09. The van der Waals surface area contributed by atoms with Gasteiger partial charge in [0, 0.05) is 41.1 Å². The van der Waals surface area contributed by atoms with Crippen molar-refractivity contribution in [1.82, 2.24) is 14.9 Å². The predicted octanol–water partition coefficient (Wildman–Crippen LogP) is 4.63. The van der Waals surface area contributed by atoms with Gasteiger partial charge in [-0.15, -0.1) is 0 Å². The Bertz CT molecular complexity index is 1530. The molecule has 3 amide bonds. The highest BCUT2D eigenvalue weighted by Gasteiger charge is 2.15. The summed E-state index contributed by atoms with van der Waals surface area (Å²) in [7, 11) is 1.71. The lowest BCUT2D eigenvalue weighted by atomic mass is 9.99. The molecular formula is C26H23FN4O3. The maximum atomic E-state index is 13.4. The number of aromatic nitrogens is 2. The molecule has 0 saturated heterocycles. The van der Waals surface area contributed by atoms with E-state index in [2.05, 4.69) is 15.6 Å². The molecule has 0 aliphatic carbocycles. The van der Waals surface area contributed by atoms with Gasteiger partial charge in [-0.2, -0.15) is 0 Å². The Morgan fingerprint density at radius 1 is 0.941 bits per heavy atom. The zero-order valence-electron chi connectivity index (χ0n) is 19.2. The van der Waals surface area contributed by atoms with Gasteiger partial charge >= 0.3 is 6.03 Å². The molecule has 0 aliphatic heterocycles. The third-order valence-electron chi connectivity index (χ3n) is 5.68. The van der Waals surface area contributed by atoms with Crippen molar-refractivity contribution in [2.45, 2.75) is 20.8 Å². The number of aryl methyl sites for hydroxylation is 4. The number of nitrogens with zero attached hydrogens (tertiary/aromatic N) is 2. The number of nitrogens with one attached hydrogen (secondary N) is 2. The van der Waals surface area contributed by atoms with E-state index in [-0.39, 0.29) is 11.1 Å². The first-order valence-corrected chi connectivity index (χ1v) is 10.6. The molecule has 0 fully saturated rings. The lowest BCUT2D eigenvalue weighted by molar-refractivity contribution is 0.0967. The Balaban J connectivity index is 1.61. The fourth-order valence-electron chi connectivity index (χ4n) is 3.77. The Morgan fingerprint density at radius 2 is 1.71 bits per heavy atom. The summed E-state index contributed by atoms with van der Waals surface area (Å²) in [6.07, 6.45) is 1.72. The Hall–Kier alpha value is -4.33. The molecule has 0 unspecified atom stereocenters. The summed E-state index contributed by atoms with van der Waals surface area (Å²) in [6, 6.07) is 11.9. The minimum Gasteiger partial charge on any atom is -0.311 e. The van der Waals surface area contributed by atoms with Gasteiger partial charge in [0.2, 0.25) is 0 Å². The summed E-state index contributed by atoms with van der Waals surface area (Å²) in [4.78, 5) is 42.2. The highest BCUT2D eigenvalue weighted by atomic mass is 19.1. The standard InChI is InChI=1S/C26H23FN4O3/c1-14-5-7-19(29-26(34)30-24(32)17-6-8-22(27)15(2)9-17)12-20(14)21-11-18-13-28-16(3)10-23(18)31(4)25(21)33/h5-13H,1-4H3,(H2,29,30,32,34). The van der Waals surface area contributed by atoms with Crippen LogP contribution in [0.5, 0.6) is 0 Å². The minimum atomic E-state index is -0.743. The summed E-state index contributed by atoms with van der Waals surface area (Å²) < 4.78 is 15.0. The number of hydrogen-bond acceptors (Lipinski definition) is 4. The van der Waals surface area contributed by atoms with Gasteiger partial charge in [-0.25, -0.2) is 9.18 Å². The van der Waals surface area contributed by atoms with Crippen LogP contribution in [0.3, 0.4) is 0 Å². The van der Waals surface area contributed by atoms with Gasteiger partial charge in [-0.05, 0) is 79.9 Å². The molecule has 4 rings (SSSR count). The fourth-order valence-corrected chi connectivity index (χ4v) is 3.77. The van der Waals surface area contributed by atoms with Crippen LogP contribution >= 0.6 is 0 Å². The van der Waals surface area contributed by atoms with Gasteiger partial charge in [-0.3, -0.25) is 19.9 Å². The number of benzene rings is 2. The first-order valence-electron chi connectivity index (χ1n) is 10.6. The van der Waals surface area contributed by atoms with Crippen molar-refractivity contribution in [3.63, 3.8) is 0 Å². The van der Waals surface area contributed by atoms with Crippen LogP contribution < -0.4 is 16.2 Å². The highest BCUT2D eigenvalue weighted by Crippen LogP contribution is 2.27. The third kappa shape index (κ3) is 4.43. The van der Waals surface area contributed by atoms with E-state index in [0.29, 0.717) is 22.4 Å². The van der Waals surface area contributed by atoms with Crippen LogP contribution in [0, 0.1) is 26.6 Å². The second-order valence-corrected chi connectivity index (χ2v) is 8.21. The zero-order valence-corrected chi connectivity index (χ0v) is 19.2. The van der Waals surface area contributed by atoms with E-state index in [1.54, 1.807) is 42.1 Å². The van der Waals surface area contributed by atoms with Crippen LogP contribution in [0.1, 0.15) is 27.2 Å². The van der Waals surface area contributed by atoms with Gasteiger partial charge in [0.25, 0.3) is 11.5 Å². The Kier molecular flexibility index (Phi) is 5.98. The summed E-state index contributed by atoms with van der Waals surface area (Å²) >= 11 is 0. The maximum Gasteiger partial charge on any atom is 0.326 e. The second kappa shape index (κ2) is 8.90. The molecular weight excluding hydrogens is 435 g/mol. The van der Waals surface area contributed by atoms with E-state index >= 15 is 0 Å². The van der Waals surface area contributed by atoms with Crippen molar-refractivity contribution in [2.24, 2.45) is 7.05 Å². The number of fused-ring (bicyclic) bond motifs is 1. The highest BCUT2D eigenvalue weighted by molar-refractivity contribution is 6.08. The number of carbonyl (C=O) groups excluding carboxylic acids is 2. The minimum absolute atomic E-state index is 0.169. The average Bonchev–Trinajstić information content (AvgIpc) is 2.79. The smallest absolute Gasteiger partial charge is 0.311 e. The van der Waals surface area contributed by atoms with Crippen molar-refractivity contribution in [3.05, 3.63) is 93.3 Å². The molecule has 0 spiro atoms. The maximum absolute atomic E-state index is 13.4. The van der Waals surface area contributed by atoms with Crippen molar-refractivity contribution < 1.29 is 14.0 Å². The molecule has 0 aliphatic rings. The molecule has 4 aromatic rings. The lowest BCUT2D eigenvalue weighted by Gasteiger charge is -2.13. The zero-order chi connectivity index (χ0) is 24.6. The molecule has 8 heteroatoms. The Labute approximate surface area is 195 Å². The predicted molar refractivity (Wildman–Crippen MR) is 130 cm³/mol. The quantitative estimate of drug-likeness (QED) is 0.468.